The predicted octanol–water partition coefficient (Wildman–Crippen LogP) is 3.42. The minimum absolute atomic E-state index is 0.178. The van der Waals surface area contributed by atoms with Crippen LogP contribution in [-0.2, 0) is 4.79 Å². The van der Waals surface area contributed by atoms with Crippen LogP contribution in [-0.4, -0.2) is 21.0 Å². The Balaban J connectivity index is 1.74. The Hall–Kier alpha value is -2.65. The number of nitrogens with two attached hydrogens (primary N) is 1. The van der Waals surface area contributed by atoms with E-state index in [1.165, 1.54) is 18.3 Å². The van der Waals surface area contributed by atoms with Gasteiger partial charge in [-0.05, 0) is 19.1 Å². The molecule has 8 nitrogen and oxygen atoms in total. The summed E-state index contributed by atoms with van der Waals surface area (Å²) in [5.41, 5.74) is 6.14. The molecular weight excluding hydrogens is 366 g/mol. The number of carbonyl (C=O) groups is 1. The summed E-state index contributed by atoms with van der Waals surface area (Å²) in [6, 6.07) is 4.59. The summed E-state index contributed by atoms with van der Waals surface area (Å²) in [5.74, 6) is 1.03. The zero-order chi connectivity index (χ0) is 18.0. The monoisotopic (exact) mass is 379 g/mol. The highest BCUT2D eigenvalue weighted by molar-refractivity contribution is 7.16. The summed E-state index contributed by atoms with van der Waals surface area (Å²) < 4.78 is 10.8. The molecule has 10 heteroatoms. The van der Waals surface area contributed by atoms with E-state index in [-0.39, 0.29) is 11.9 Å². The lowest BCUT2D eigenvalue weighted by molar-refractivity contribution is -0.119. The molecule has 130 valence electrons. The van der Waals surface area contributed by atoms with Gasteiger partial charge in [-0.25, -0.2) is 4.98 Å². The molecule has 1 unspecified atom stereocenters. The van der Waals surface area contributed by atoms with Gasteiger partial charge in [0.05, 0.1) is 21.8 Å². The van der Waals surface area contributed by atoms with Gasteiger partial charge in [-0.3, -0.25) is 4.79 Å². The third kappa shape index (κ3) is 4.06. The second-order valence-corrected chi connectivity index (χ2v) is 6.55. The maximum atomic E-state index is 11.1. The quantitative estimate of drug-likeness (QED) is 0.652. The molecule has 0 aliphatic carbocycles. The first-order chi connectivity index (χ1) is 11.9. The second-order valence-electron chi connectivity index (χ2n) is 5.15. The van der Waals surface area contributed by atoms with Gasteiger partial charge in [0.1, 0.15) is 11.8 Å². The van der Waals surface area contributed by atoms with E-state index in [2.05, 4.69) is 20.4 Å². The van der Waals surface area contributed by atoms with Crippen molar-refractivity contribution in [3.8, 4) is 21.6 Å². The number of halogens is 1. The highest BCUT2D eigenvalue weighted by Gasteiger charge is 2.18. The van der Waals surface area contributed by atoms with Crippen molar-refractivity contribution in [1.29, 1.82) is 0 Å². The summed E-state index contributed by atoms with van der Waals surface area (Å²) in [5, 5.41) is 7.38. The van der Waals surface area contributed by atoms with Crippen molar-refractivity contribution >= 4 is 34.5 Å². The van der Waals surface area contributed by atoms with Crippen LogP contribution in [0.1, 0.15) is 25.8 Å². The SMILES string of the molecule is CC(=O)NC(C)c1nc(-c2cnc(Oc3ccc(N)c(Cl)c3)s2)no1. The topological polar surface area (TPSA) is 116 Å². The molecule has 1 amide bonds. The van der Waals surface area contributed by atoms with Gasteiger partial charge in [0.2, 0.25) is 17.6 Å². The van der Waals surface area contributed by atoms with Gasteiger partial charge in [0.15, 0.2) is 0 Å². The number of benzene rings is 1. The molecule has 2 aromatic heterocycles. The first kappa shape index (κ1) is 17.2. The molecule has 2 heterocycles. The molecule has 1 atom stereocenters. The standard InChI is InChI=1S/C15H14ClN5O3S/c1-7(19-8(2)22)14-20-13(21-24-14)12-6-18-15(25-12)23-9-3-4-11(17)10(16)5-9/h3-7H,17H2,1-2H3,(H,19,22). The van der Waals surface area contributed by atoms with E-state index >= 15 is 0 Å². The molecule has 0 bridgehead atoms. The second kappa shape index (κ2) is 7.08. The normalized spacial score (nSPS) is 12.0. The van der Waals surface area contributed by atoms with Crippen molar-refractivity contribution in [1.82, 2.24) is 20.4 Å². The van der Waals surface area contributed by atoms with Crippen LogP contribution in [0.5, 0.6) is 10.9 Å². The van der Waals surface area contributed by atoms with Gasteiger partial charge in [-0.15, -0.1) is 0 Å². The van der Waals surface area contributed by atoms with Crippen LogP contribution < -0.4 is 15.8 Å². The Labute approximate surface area is 152 Å². The molecule has 0 saturated carbocycles. The zero-order valence-corrected chi connectivity index (χ0v) is 14.9. The van der Waals surface area contributed by atoms with Gasteiger partial charge in [-0.1, -0.05) is 28.1 Å². The third-order valence-corrected chi connectivity index (χ3v) is 4.31. The molecule has 0 spiro atoms. The van der Waals surface area contributed by atoms with E-state index in [0.717, 1.165) is 0 Å². The molecule has 0 fully saturated rings. The first-order valence-corrected chi connectivity index (χ1v) is 8.41. The average molecular weight is 380 g/mol. The number of anilines is 1. The van der Waals surface area contributed by atoms with Crippen LogP contribution in [0.15, 0.2) is 28.9 Å². The molecule has 25 heavy (non-hydrogen) atoms. The van der Waals surface area contributed by atoms with Crippen LogP contribution in [0.2, 0.25) is 5.02 Å². The predicted molar refractivity (Wildman–Crippen MR) is 93.6 cm³/mol. The number of aromatic nitrogens is 3. The summed E-state index contributed by atoms with van der Waals surface area (Å²) in [6.07, 6.45) is 1.58. The maximum Gasteiger partial charge on any atom is 0.279 e. The molecule has 3 rings (SSSR count). The highest BCUT2D eigenvalue weighted by atomic mass is 35.5. The molecule has 3 N–H and O–H groups in total. The number of thiazole rings is 1. The van der Waals surface area contributed by atoms with E-state index < -0.39 is 0 Å². The van der Waals surface area contributed by atoms with Crippen molar-refractivity contribution in [2.24, 2.45) is 0 Å². The Morgan fingerprint density at radius 3 is 3.00 bits per heavy atom. The largest absolute Gasteiger partial charge is 0.431 e. The number of hydrogen-bond donors (Lipinski definition) is 2. The Bertz CT molecular complexity index is 910. The van der Waals surface area contributed by atoms with Crippen LogP contribution in [0.3, 0.4) is 0 Å². The number of nitrogen functional groups attached to an aromatic ring is 1. The maximum absolute atomic E-state index is 11.1. The molecule has 1 aromatic carbocycles. The molecule has 0 saturated heterocycles. The fraction of sp³-hybridized carbons (Fsp3) is 0.200. The van der Waals surface area contributed by atoms with Crippen molar-refractivity contribution in [3.63, 3.8) is 0 Å². The highest BCUT2D eigenvalue weighted by Crippen LogP contribution is 2.33. The molecule has 0 aliphatic rings. The minimum atomic E-state index is -0.376. The van der Waals surface area contributed by atoms with E-state index in [4.69, 9.17) is 26.6 Å². The lowest BCUT2D eigenvalue weighted by Crippen LogP contribution is -2.23. The third-order valence-electron chi connectivity index (χ3n) is 3.11. The van der Waals surface area contributed by atoms with Crippen molar-refractivity contribution in [2.75, 3.05) is 5.73 Å². The smallest absolute Gasteiger partial charge is 0.279 e. The van der Waals surface area contributed by atoms with Gasteiger partial charge in [0.25, 0.3) is 5.19 Å². The van der Waals surface area contributed by atoms with Gasteiger partial charge < -0.3 is 20.3 Å². The Kier molecular flexibility index (Phi) is 4.86. The van der Waals surface area contributed by atoms with E-state index in [9.17, 15) is 4.79 Å². The Morgan fingerprint density at radius 2 is 2.28 bits per heavy atom. The zero-order valence-electron chi connectivity index (χ0n) is 13.3. The lowest BCUT2D eigenvalue weighted by atomic mass is 10.3. The van der Waals surface area contributed by atoms with Gasteiger partial charge in [0, 0.05) is 13.0 Å². The van der Waals surface area contributed by atoms with Gasteiger partial charge in [-0.2, -0.15) is 4.98 Å². The van der Waals surface area contributed by atoms with Crippen LogP contribution in [0, 0.1) is 0 Å². The number of carbonyl (C=O) groups excluding carboxylic acids is 1. The van der Waals surface area contributed by atoms with Crippen molar-refractivity contribution in [2.45, 2.75) is 19.9 Å². The van der Waals surface area contributed by atoms with Crippen LogP contribution >= 0.6 is 22.9 Å². The molecular formula is C15H14ClN5O3S. The van der Waals surface area contributed by atoms with Crippen molar-refractivity contribution < 1.29 is 14.1 Å². The van der Waals surface area contributed by atoms with Crippen LogP contribution in [0.4, 0.5) is 5.69 Å². The summed E-state index contributed by atoms with van der Waals surface area (Å²) in [6.45, 7) is 3.18. The van der Waals surface area contributed by atoms with E-state index in [1.807, 2.05) is 0 Å². The first-order valence-electron chi connectivity index (χ1n) is 7.22. The van der Waals surface area contributed by atoms with Crippen molar-refractivity contribution in [3.05, 3.63) is 35.3 Å². The lowest BCUT2D eigenvalue weighted by Gasteiger charge is -2.05. The average Bonchev–Trinajstić information content (AvgIpc) is 3.19. The number of hydrogen-bond acceptors (Lipinski definition) is 8. The minimum Gasteiger partial charge on any atom is -0.431 e. The van der Waals surface area contributed by atoms with Gasteiger partial charge >= 0.3 is 0 Å². The summed E-state index contributed by atoms with van der Waals surface area (Å²) >= 11 is 7.21. The van der Waals surface area contributed by atoms with E-state index in [0.29, 0.717) is 38.2 Å². The molecule has 0 aliphatic heterocycles. The summed E-state index contributed by atoms with van der Waals surface area (Å²) in [7, 11) is 0. The number of nitrogens with zero attached hydrogens (tertiary/aromatic N) is 3. The molecule has 3 aromatic rings. The number of ether oxygens (including phenoxy) is 1. The summed E-state index contributed by atoms with van der Waals surface area (Å²) in [4.78, 5) is 20.2. The van der Waals surface area contributed by atoms with Crippen LogP contribution in [0.25, 0.3) is 10.7 Å². The number of nitrogens with one attached hydrogen (secondary N) is 1. The number of amides is 1. The molecule has 0 radical (unpaired) electrons. The van der Waals surface area contributed by atoms with E-state index in [1.54, 1.807) is 31.3 Å². The fourth-order valence-corrected chi connectivity index (χ4v) is 2.84. The number of rotatable bonds is 5. The Morgan fingerprint density at radius 1 is 1.48 bits per heavy atom. The fourth-order valence-electron chi connectivity index (χ4n) is 1.96.